The Morgan fingerprint density at radius 1 is 1.00 bits per heavy atom. The van der Waals surface area contributed by atoms with Crippen LogP contribution in [0.15, 0.2) is 54.7 Å². The molecular weight excluding hydrogens is 350 g/mol. The molecule has 8 heteroatoms. The van der Waals surface area contributed by atoms with Crippen molar-refractivity contribution in [3.63, 3.8) is 0 Å². The third-order valence-electron chi connectivity index (χ3n) is 3.90. The van der Waals surface area contributed by atoms with E-state index in [1.165, 1.54) is 18.3 Å². The van der Waals surface area contributed by atoms with Crippen LogP contribution >= 0.6 is 0 Å². The number of carbonyl (C=O) groups is 1. The first-order valence-electron chi connectivity index (χ1n) is 8.10. The Morgan fingerprint density at radius 2 is 1.63 bits per heavy atom. The standard InChI is InChI=1S/C19H19N3O5/c1-19(2,3)14-6-4-13(5-7-14)18(23)10-11-20-16-9-8-15(21(24)25)12-17(16)22(26)27/h4-12,20H,1-3H3. The third-order valence-corrected chi connectivity index (χ3v) is 3.90. The fraction of sp³-hybridized carbons (Fsp3) is 0.211. The Labute approximate surface area is 155 Å². The number of nitrogens with one attached hydrogen (secondary N) is 1. The molecule has 0 atom stereocenters. The lowest BCUT2D eigenvalue weighted by molar-refractivity contribution is -0.393. The number of anilines is 1. The van der Waals surface area contributed by atoms with E-state index in [1.54, 1.807) is 12.1 Å². The van der Waals surface area contributed by atoms with Gasteiger partial charge in [0.15, 0.2) is 5.78 Å². The lowest BCUT2D eigenvalue weighted by Crippen LogP contribution is -2.11. The number of allylic oxidation sites excluding steroid dienone is 1. The van der Waals surface area contributed by atoms with Gasteiger partial charge in [0.1, 0.15) is 5.69 Å². The molecule has 0 saturated heterocycles. The second-order valence-corrected chi connectivity index (χ2v) is 6.88. The number of nitro groups is 2. The summed E-state index contributed by atoms with van der Waals surface area (Å²) in [4.78, 5) is 32.6. The molecule has 0 aliphatic carbocycles. The summed E-state index contributed by atoms with van der Waals surface area (Å²) in [6.07, 6.45) is 2.52. The van der Waals surface area contributed by atoms with Crippen molar-refractivity contribution in [3.8, 4) is 0 Å². The molecule has 0 aliphatic heterocycles. The molecule has 8 nitrogen and oxygen atoms in total. The Morgan fingerprint density at radius 3 is 2.15 bits per heavy atom. The minimum atomic E-state index is -0.726. The number of rotatable bonds is 6. The molecule has 0 amide bonds. The molecule has 2 aromatic carbocycles. The van der Waals surface area contributed by atoms with Crippen LogP contribution in [0.3, 0.4) is 0 Å². The molecule has 27 heavy (non-hydrogen) atoms. The van der Waals surface area contributed by atoms with Gasteiger partial charge in [0, 0.05) is 23.9 Å². The highest BCUT2D eigenvalue weighted by molar-refractivity contribution is 6.04. The summed E-state index contributed by atoms with van der Waals surface area (Å²) in [5.74, 6) is -0.271. The largest absolute Gasteiger partial charge is 0.356 e. The molecule has 140 valence electrons. The Kier molecular flexibility index (Phi) is 5.69. The maximum absolute atomic E-state index is 12.2. The molecule has 0 aliphatic rings. The van der Waals surface area contributed by atoms with Crippen LogP contribution in [-0.4, -0.2) is 15.6 Å². The van der Waals surface area contributed by atoms with E-state index >= 15 is 0 Å². The summed E-state index contributed by atoms with van der Waals surface area (Å²) in [6, 6.07) is 10.5. The number of hydrogen-bond acceptors (Lipinski definition) is 6. The normalized spacial score (nSPS) is 11.4. The Balaban J connectivity index is 2.14. The van der Waals surface area contributed by atoms with Crippen LogP contribution in [-0.2, 0) is 5.41 Å². The van der Waals surface area contributed by atoms with Crippen LogP contribution in [0.2, 0.25) is 0 Å². The van der Waals surface area contributed by atoms with Crippen molar-refractivity contribution in [2.45, 2.75) is 26.2 Å². The van der Waals surface area contributed by atoms with Gasteiger partial charge in [-0.1, -0.05) is 45.0 Å². The fourth-order valence-corrected chi connectivity index (χ4v) is 2.34. The quantitative estimate of drug-likeness (QED) is 0.344. The predicted octanol–water partition coefficient (Wildman–Crippen LogP) is 4.61. The predicted molar refractivity (Wildman–Crippen MR) is 102 cm³/mol. The SMILES string of the molecule is CC(C)(C)c1ccc(C(=O)C=CNc2ccc([N+](=O)[O-])cc2[N+](=O)[O-])cc1. The summed E-state index contributed by atoms with van der Waals surface area (Å²) in [6.45, 7) is 6.22. The van der Waals surface area contributed by atoms with Crippen molar-refractivity contribution in [3.05, 3.63) is 86.1 Å². The smallest absolute Gasteiger partial charge is 0.299 e. The zero-order chi connectivity index (χ0) is 20.2. The number of benzene rings is 2. The Bertz CT molecular complexity index is 912. The van der Waals surface area contributed by atoms with Gasteiger partial charge in [0.2, 0.25) is 0 Å². The van der Waals surface area contributed by atoms with Crippen LogP contribution in [0, 0.1) is 20.2 Å². The number of nitro benzene ring substituents is 2. The first kappa shape index (κ1) is 19.8. The zero-order valence-electron chi connectivity index (χ0n) is 15.1. The average molecular weight is 369 g/mol. The van der Waals surface area contributed by atoms with Gasteiger partial charge < -0.3 is 5.32 Å². The third kappa shape index (κ3) is 4.97. The highest BCUT2D eigenvalue weighted by Gasteiger charge is 2.19. The molecule has 0 unspecified atom stereocenters. The first-order chi connectivity index (χ1) is 12.6. The van der Waals surface area contributed by atoms with Crippen LogP contribution in [0.25, 0.3) is 0 Å². The minimum Gasteiger partial charge on any atom is -0.356 e. The Hall–Kier alpha value is -3.55. The van der Waals surface area contributed by atoms with Gasteiger partial charge in [-0.3, -0.25) is 25.0 Å². The molecule has 2 aromatic rings. The molecule has 0 heterocycles. The van der Waals surface area contributed by atoms with Crippen molar-refractivity contribution in [1.29, 1.82) is 0 Å². The van der Waals surface area contributed by atoms with E-state index in [9.17, 15) is 25.0 Å². The number of hydrogen-bond donors (Lipinski definition) is 1. The lowest BCUT2D eigenvalue weighted by atomic mass is 9.86. The second-order valence-electron chi connectivity index (χ2n) is 6.88. The van der Waals surface area contributed by atoms with Gasteiger partial charge in [0.05, 0.1) is 15.9 Å². The van der Waals surface area contributed by atoms with Crippen molar-refractivity contribution in [1.82, 2.24) is 0 Å². The highest BCUT2D eigenvalue weighted by atomic mass is 16.6. The lowest BCUT2D eigenvalue weighted by Gasteiger charge is -2.18. The molecule has 0 spiro atoms. The van der Waals surface area contributed by atoms with Crippen LogP contribution < -0.4 is 5.32 Å². The van der Waals surface area contributed by atoms with E-state index in [1.807, 2.05) is 12.1 Å². The van der Waals surface area contributed by atoms with E-state index in [4.69, 9.17) is 0 Å². The number of ketones is 1. The van der Waals surface area contributed by atoms with Crippen molar-refractivity contribution in [2.24, 2.45) is 0 Å². The van der Waals surface area contributed by atoms with E-state index in [0.717, 1.165) is 17.7 Å². The monoisotopic (exact) mass is 369 g/mol. The molecule has 1 N–H and O–H groups in total. The van der Waals surface area contributed by atoms with E-state index in [2.05, 4.69) is 26.1 Å². The molecule has 0 fully saturated rings. The number of carbonyl (C=O) groups excluding carboxylic acids is 1. The summed E-state index contributed by atoms with van der Waals surface area (Å²) in [5, 5.41) is 24.4. The van der Waals surface area contributed by atoms with Crippen LogP contribution in [0.4, 0.5) is 17.1 Å². The van der Waals surface area contributed by atoms with Gasteiger partial charge in [-0.25, -0.2) is 0 Å². The maximum atomic E-state index is 12.2. The fourth-order valence-electron chi connectivity index (χ4n) is 2.34. The first-order valence-corrected chi connectivity index (χ1v) is 8.10. The van der Waals surface area contributed by atoms with Gasteiger partial charge >= 0.3 is 0 Å². The molecule has 0 aromatic heterocycles. The van der Waals surface area contributed by atoms with E-state index in [-0.39, 0.29) is 22.6 Å². The van der Waals surface area contributed by atoms with E-state index in [0.29, 0.717) is 5.56 Å². The van der Waals surface area contributed by atoms with Crippen molar-refractivity contribution in [2.75, 3.05) is 5.32 Å². The summed E-state index contributed by atoms with van der Waals surface area (Å²) < 4.78 is 0. The molecule has 0 saturated carbocycles. The van der Waals surface area contributed by atoms with E-state index < -0.39 is 15.5 Å². The molecule has 0 radical (unpaired) electrons. The average Bonchev–Trinajstić information content (AvgIpc) is 2.60. The minimum absolute atomic E-state index is 0.0200. The zero-order valence-corrected chi connectivity index (χ0v) is 15.1. The summed E-state index contributed by atoms with van der Waals surface area (Å²) >= 11 is 0. The molecule has 0 bridgehead atoms. The van der Waals surface area contributed by atoms with Gasteiger partial charge in [0.25, 0.3) is 11.4 Å². The van der Waals surface area contributed by atoms with Crippen LogP contribution in [0.5, 0.6) is 0 Å². The summed E-state index contributed by atoms with van der Waals surface area (Å²) in [5.41, 5.74) is 0.787. The number of nitrogens with zero attached hydrogens (tertiary/aromatic N) is 2. The highest BCUT2D eigenvalue weighted by Crippen LogP contribution is 2.29. The van der Waals surface area contributed by atoms with Crippen molar-refractivity contribution >= 4 is 22.8 Å². The maximum Gasteiger partial charge on any atom is 0.299 e. The molecule has 2 rings (SSSR count). The topological polar surface area (TPSA) is 115 Å². The molecular formula is C19H19N3O5. The van der Waals surface area contributed by atoms with Gasteiger partial charge in [-0.2, -0.15) is 0 Å². The van der Waals surface area contributed by atoms with Crippen molar-refractivity contribution < 1.29 is 14.6 Å². The number of non-ortho nitro benzene ring substituents is 1. The van der Waals surface area contributed by atoms with Gasteiger partial charge in [-0.05, 0) is 17.0 Å². The summed E-state index contributed by atoms with van der Waals surface area (Å²) in [7, 11) is 0. The van der Waals surface area contributed by atoms with Crippen LogP contribution in [0.1, 0.15) is 36.7 Å². The second kappa shape index (κ2) is 7.77. The van der Waals surface area contributed by atoms with Gasteiger partial charge in [-0.15, -0.1) is 0 Å².